The fraction of sp³-hybridized carbons (Fsp3) is 0.556. The van der Waals surface area contributed by atoms with Gasteiger partial charge in [-0.05, 0) is 44.7 Å². The molecule has 0 aliphatic carbocycles. The summed E-state index contributed by atoms with van der Waals surface area (Å²) in [5, 5.41) is 0. The normalized spacial score (nSPS) is 19.2. The van der Waals surface area contributed by atoms with E-state index in [1.54, 1.807) is 12.1 Å². The molecule has 0 unspecified atom stereocenters. The van der Waals surface area contributed by atoms with Gasteiger partial charge in [-0.3, -0.25) is 9.59 Å². The number of hydrogen-bond donors (Lipinski definition) is 0. The summed E-state index contributed by atoms with van der Waals surface area (Å²) in [6.45, 7) is 4.54. The van der Waals surface area contributed by atoms with Gasteiger partial charge in [-0.15, -0.1) is 0 Å². The Hall–Kier alpha value is -1.91. The van der Waals surface area contributed by atoms with Crippen molar-refractivity contribution in [3.63, 3.8) is 0 Å². The molecule has 0 N–H and O–H groups in total. The van der Waals surface area contributed by atoms with E-state index in [-0.39, 0.29) is 23.2 Å². The van der Waals surface area contributed by atoms with Crippen molar-refractivity contribution >= 4 is 17.4 Å². The van der Waals surface area contributed by atoms with E-state index in [4.69, 9.17) is 0 Å². The lowest BCUT2D eigenvalue weighted by Gasteiger charge is -2.35. The van der Waals surface area contributed by atoms with Crippen LogP contribution >= 0.6 is 0 Å². The van der Waals surface area contributed by atoms with Gasteiger partial charge in [-0.2, -0.15) is 0 Å². The maximum absolute atomic E-state index is 14.0. The molecule has 23 heavy (non-hydrogen) atoms. The van der Waals surface area contributed by atoms with Crippen molar-refractivity contribution < 1.29 is 14.0 Å². The highest BCUT2D eigenvalue weighted by Crippen LogP contribution is 2.29. The Bertz CT molecular complexity index is 603. The number of anilines is 1. The Labute approximate surface area is 136 Å². The summed E-state index contributed by atoms with van der Waals surface area (Å²) < 4.78 is 14.0. The highest BCUT2D eigenvalue weighted by molar-refractivity contribution is 6.00. The molecule has 2 fully saturated rings. The first-order chi connectivity index (χ1) is 11.1. The van der Waals surface area contributed by atoms with E-state index in [1.807, 2.05) is 9.80 Å². The third-order valence-electron chi connectivity index (χ3n) is 4.95. The molecule has 0 spiro atoms. The summed E-state index contributed by atoms with van der Waals surface area (Å²) in [7, 11) is 0. The highest BCUT2D eigenvalue weighted by Gasteiger charge is 2.31. The van der Waals surface area contributed by atoms with Gasteiger partial charge in [0, 0.05) is 32.1 Å². The third-order valence-corrected chi connectivity index (χ3v) is 4.95. The van der Waals surface area contributed by atoms with E-state index in [1.165, 1.54) is 13.0 Å². The van der Waals surface area contributed by atoms with Crippen molar-refractivity contribution in [2.45, 2.75) is 32.6 Å². The van der Waals surface area contributed by atoms with Crippen LogP contribution in [0.3, 0.4) is 0 Å². The average molecular weight is 318 g/mol. The number of Topliss-reactive ketones (excluding diaryl/α,β-unsaturated/α-hetero) is 1. The zero-order chi connectivity index (χ0) is 16.4. The van der Waals surface area contributed by atoms with Gasteiger partial charge in [0.05, 0.1) is 11.3 Å². The monoisotopic (exact) mass is 318 g/mol. The van der Waals surface area contributed by atoms with E-state index < -0.39 is 5.82 Å². The minimum Gasteiger partial charge on any atom is -0.371 e. The lowest BCUT2D eigenvalue weighted by atomic mass is 9.94. The number of amides is 1. The Morgan fingerprint density at radius 3 is 2.35 bits per heavy atom. The van der Waals surface area contributed by atoms with Crippen LogP contribution in [0, 0.1) is 11.7 Å². The molecule has 4 nitrogen and oxygen atoms in total. The summed E-state index contributed by atoms with van der Waals surface area (Å²) >= 11 is 0. The van der Waals surface area contributed by atoms with Gasteiger partial charge >= 0.3 is 0 Å². The van der Waals surface area contributed by atoms with Crippen LogP contribution in [0.25, 0.3) is 0 Å². The van der Waals surface area contributed by atoms with Crippen LogP contribution in [0.1, 0.15) is 43.0 Å². The van der Waals surface area contributed by atoms with Crippen molar-refractivity contribution in [3.05, 3.63) is 29.6 Å². The maximum atomic E-state index is 14.0. The van der Waals surface area contributed by atoms with Gasteiger partial charge in [-0.1, -0.05) is 6.07 Å². The van der Waals surface area contributed by atoms with Crippen LogP contribution in [0.5, 0.6) is 0 Å². The van der Waals surface area contributed by atoms with Crippen LogP contribution in [0.2, 0.25) is 0 Å². The molecule has 5 heteroatoms. The molecule has 124 valence electrons. The number of halogens is 1. The second kappa shape index (κ2) is 6.69. The fourth-order valence-electron chi connectivity index (χ4n) is 3.69. The summed E-state index contributed by atoms with van der Waals surface area (Å²) in [4.78, 5) is 28.2. The van der Waals surface area contributed by atoms with Gasteiger partial charge in [0.25, 0.3) is 0 Å². The molecule has 0 bridgehead atoms. The quantitative estimate of drug-likeness (QED) is 0.805. The second-order valence-electron chi connectivity index (χ2n) is 6.48. The van der Waals surface area contributed by atoms with Gasteiger partial charge < -0.3 is 9.80 Å². The number of ketones is 1. The second-order valence-corrected chi connectivity index (χ2v) is 6.48. The molecule has 0 radical (unpaired) electrons. The molecule has 0 saturated carbocycles. The molecule has 2 aliphatic heterocycles. The molecular formula is C18H23FN2O2. The molecule has 1 aromatic rings. The van der Waals surface area contributed by atoms with Crippen molar-refractivity contribution in [2.24, 2.45) is 5.92 Å². The topological polar surface area (TPSA) is 40.6 Å². The van der Waals surface area contributed by atoms with Crippen molar-refractivity contribution in [2.75, 3.05) is 31.1 Å². The largest absolute Gasteiger partial charge is 0.371 e. The Morgan fingerprint density at radius 2 is 1.74 bits per heavy atom. The Kier molecular flexibility index (Phi) is 4.64. The summed E-state index contributed by atoms with van der Waals surface area (Å²) in [6.07, 6.45) is 3.75. The summed E-state index contributed by atoms with van der Waals surface area (Å²) in [5.74, 6) is -0.384. The predicted molar refractivity (Wildman–Crippen MR) is 87.2 cm³/mol. The standard InChI is InChI=1S/C18H23FN2O2/c1-13(22)17-15(19)5-4-6-16(17)20-11-7-14(8-12-20)18(23)21-9-2-3-10-21/h4-6,14H,2-3,7-12H2,1H3. The lowest BCUT2D eigenvalue weighted by molar-refractivity contribution is -0.135. The molecule has 0 aromatic heterocycles. The summed E-state index contributed by atoms with van der Waals surface area (Å²) in [5.41, 5.74) is 0.821. The number of piperidine rings is 1. The van der Waals surface area contributed by atoms with Crippen LogP contribution < -0.4 is 4.90 Å². The van der Waals surface area contributed by atoms with E-state index in [9.17, 15) is 14.0 Å². The Balaban J connectivity index is 1.69. The highest BCUT2D eigenvalue weighted by atomic mass is 19.1. The summed E-state index contributed by atoms with van der Waals surface area (Å²) in [6, 6.07) is 4.75. The number of benzene rings is 1. The number of carbonyl (C=O) groups excluding carboxylic acids is 2. The Morgan fingerprint density at radius 1 is 1.09 bits per heavy atom. The molecule has 2 heterocycles. The van der Waals surface area contributed by atoms with Crippen LogP contribution in [-0.2, 0) is 4.79 Å². The number of rotatable bonds is 3. The fourth-order valence-corrected chi connectivity index (χ4v) is 3.69. The zero-order valence-corrected chi connectivity index (χ0v) is 13.6. The lowest BCUT2D eigenvalue weighted by Crippen LogP contribution is -2.42. The number of carbonyl (C=O) groups is 2. The first-order valence-corrected chi connectivity index (χ1v) is 8.41. The molecule has 2 saturated heterocycles. The van der Waals surface area contributed by atoms with Crippen LogP contribution in [0.4, 0.5) is 10.1 Å². The minimum absolute atomic E-state index is 0.0682. The van der Waals surface area contributed by atoms with Gasteiger partial charge in [0.2, 0.25) is 5.91 Å². The van der Waals surface area contributed by atoms with E-state index >= 15 is 0 Å². The number of likely N-dealkylation sites (tertiary alicyclic amines) is 1. The SMILES string of the molecule is CC(=O)c1c(F)cccc1N1CCC(C(=O)N2CCCC2)CC1. The van der Waals surface area contributed by atoms with Gasteiger partial charge in [0.1, 0.15) is 5.82 Å². The first kappa shape index (κ1) is 16.0. The smallest absolute Gasteiger partial charge is 0.225 e. The third kappa shape index (κ3) is 3.23. The molecular weight excluding hydrogens is 295 g/mol. The minimum atomic E-state index is -0.467. The van der Waals surface area contributed by atoms with Crippen LogP contribution in [0.15, 0.2) is 18.2 Å². The number of nitrogens with zero attached hydrogens (tertiary/aromatic N) is 2. The molecule has 3 rings (SSSR count). The number of hydrogen-bond acceptors (Lipinski definition) is 3. The van der Waals surface area contributed by atoms with E-state index in [0.717, 1.165) is 38.8 Å². The van der Waals surface area contributed by atoms with E-state index in [0.29, 0.717) is 18.8 Å². The van der Waals surface area contributed by atoms with Crippen LogP contribution in [-0.4, -0.2) is 42.8 Å². The molecule has 1 aromatic carbocycles. The van der Waals surface area contributed by atoms with Crippen molar-refractivity contribution in [3.8, 4) is 0 Å². The van der Waals surface area contributed by atoms with Crippen molar-refractivity contribution in [1.82, 2.24) is 4.90 Å². The van der Waals surface area contributed by atoms with Gasteiger partial charge in [-0.25, -0.2) is 4.39 Å². The van der Waals surface area contributed by atoms with E-state index in [2.05, 4.69) is 0 Å². The van der Waals surface area contributed by atoms with Crippen molar-refractivity contribution in [1.29, 1.82) is 0 Å². The molecule has 0 atom stereocenters. The first-order valence-electron chi connectivity index (χ1n) is 8.41. The van der Waals surface area contributed by atoms with Gasteiger partial charge in [0.15, 0.2) is 5.78 Å². The molecule has 2 aliphatic rings. The zero-order valence-electron chi connectivity index (χ0n) is 13.6. The predicted octanol–water partition coefficient (Wildman–Crippen LogP) is 2.87. The molecule has 1 amide bonds. The average Bonchev–Trinajstić information content (AvgIpc) is 3.08. The maximum Gasteiger partial charge on any atom is 0.225 e.